The minimum atomic E-state index is -3.14. The molecule has 1 saturated heterocycles. The quantitative estimate of drug-likeness (QED) is 0.504. The predicted molar refractivity (Wildman–Crippen MR) is 105 cm³/mol. The van der Waals surface area contributed by atoms with E-state index in [0.29, 0.717) is 42.1 Å². The van der Waals surface area contributed by atoms with E-state index in [1.54, 1.807) is 13.1 Å². The van der Waals surface area contributed by atoms with Crippen molar-refractivity contribution in [1.82, 2.24) is 14.9 Å². The summed E-state index contributed by atoms with van der Waals surface area (Å²) in [5.41, 5.74) is 0.484. The maximum atomic E-state index is 12.5. The number of guanidine groups is 1. The van der Waals surface area contributed by atoms with Crippen molar-refractivity contribution in [3.8, 4) is 5.75 Å². The van der Waals surface area contributed by atoms with Crippen LogP contribution in [0.2, 0.25) is 5.02 Å². The maximum absolute atomic E-state index is 12.5. The minimum Gasteiger partial charge on any atom is -0.434 e. The number of nitrogens with zero attached hydrogens (tertiary/aromatic N) is 2. The van der Waals surface area contributed by atoms with Crippen LogP contribution in [0.1, 0.15) is 18.4 Å². The Balaban J connectivity index is 1.85. The van der Waals surface area contributed by atoms with Crippen molar-refractivity contribution in [2.45, 2.75) is 26.0 Å². The summed E-state index contributed by atoms with van der Waals surface area (Å²) in [5.74, 6) is 0.879. The van der Waals surface area contributed by atoms with Crippen molar-refractivity contribution >= 4 is 27.6 Å². The third kappa shape index (κ3) is 7.06. The van der Waals surface area contributed by atoms with Crippen LogP contribution in [0.4, 0.5) is 8.78 Å². The second-order valence-electron chi connectivity index (χ2n) is 6.54. The summed E-state index contributed by atoms with van der Waals surface area (Å²) in [6.07, 6.45) is 2.74. The Labute approximate surface area is 169 Å². The van der Waals surface area contributed by atoms with Crippen molar-refractivity contribution in [2.24, 2.45) is 10.9 Å². The molecule has 11 heteroatoms. The summed E-state index contributed by atoms with van der Waals surface area (Å²) in [4.78, 5) is 4.12. The normalized spacial score (nSPS) is 17.0. The van der Waals surface area contributed by atoms with Crippen LogP contribution in [-0.2, 0) is 16.6 Å². The Hall–Kier alpha value is -1.65. The molecule has 1 aliphatic heterocycles. The molecule has 1 aliphatic rings. The van der Waals surface area contributed by atoms with Crippen LogP contribution in [-0.4, -0.2) is 58.2 Å². The molecule has 1 heterocycles. The van der Waals surface area contributed by atoms with E-state index < -0.39 is 16.6 Å². The Bertz CT molecular complexity index is 785. The van der Waals surface area contributed by atoms with E-state index in [4.69, 9.17) is 11.6 Å². The molecule has 1 fully saturated rings. The zero-order valence-electron chi connectivity index (χ0n) is 15.8. The first-order chi connectivity index (χ1) is 13.2. The van der Waals surface area contributed by atoms with Crippen LogP contribution in [0.25, 0.3) is 0 Å². The van der Waals surface area contributed by atoms with Gasteiger partial charge in [0.25, 0.3) is 0 Å². The van der Waals surface area contributed by atoms with Gasteiger partial charge in [-0.1, -0.05) is 11.6 Å². The number of hydrogen-bond donors (Lipinski definition) is 2. The van der Waals surface area contributed by atoms with E-state index in [-0.39, 0.29) is 12.3 Å². The Morgan fingerprint density at radius 2 is 2.04 bits per heavy atom. The van der Waals surface area contributed by atoms with E-state index in [1.165, 1.54) is 22.7 Å². The summed E-state index contributed by atoms with van der Waals surface area (Å²) in [6, 6.07) is 4.44. The SMILES string of the molecule is CN=C(NCc1cc(Cl)ccc1OC(F)F)NCC1CCN(S(C)(=O)=O)CC1. The van der Waals surface area contributed by atoms with E-state index in [9.17, 15) is 17.2 Å². The monoisotopic (exact) mass is 438 g/mol. The third-order valence-electron chi connectivity index (χ3n) is 4.51. The molecule has 158 valence electrons. The molecule has 0 saturated carbocycles. The van der Waals surface area contributed by atoms with Gasteiger partial charge in [-0.15, -0.1) is 0 Å². The first kappa shape index (κ1) is 22.6. The number of rotatable bonds is 7. The average molecular weight is 439 g/mol. The fourth-order valence-electron chi connectivity index (χ4n) is 2.98. The second kappa shape index (κ2) is 10.2. The number of halogens is 3. The second-order valence-corrected chi connectivity index (χ2v) is 8.96. The van der Waals surface area contributed by atoms with Crippen LogP contribution in [0.5, 0.6) is 5.75 Å². The van der Waals surface area contributed by atoms with Crippen molar-refractivity contribution in [3.05, 3.63) is 28.8 Å². The van der Waals surface area contributed by atoms with E-state index in [0.717, 1.165) is 12.8 Å². The third-order valence-corrected chi connectivity index (χ3v) is 6.05. The number of hydrogen-bond acceptors (Lipinski definition) is 4. The highest BCUT2D eigenvalue weighted by atomic mass is 35.5. The standard InChI is InChI=1S/C17H25ClF2N4O3S/c1-21-17(22-10-12-5-7-24(8-6-12)28(2,25)26)23-11-13-9-14(18)3-4-15(13)27-16(19)20/h3-4,9,12,16H,5-8,10-11H2,1-2H3,(H2,21,22,23). The van der Waals surface area contributed by atoms with E-state index >= 15 is 0 Å². The van der Waals surface area contributed by atoms with Gasteiger partial charge in [-0.05, 0) is 37.0 Å². The first-order valence-electron chi connectivity index (χ1n) is 8.82. The number of nitrogens with one attached hydrogen (secondary N) is 2. The number of sulfonamides is 1. The van der Waals surface area contributed by atoms with Crippen LogP contribution < -0.4 is 15.4 Å². The van der Waals surface area contributed by atoms with E-state index in [1.807, 2.05) is 0 Å². The number of piperidine rings is 1. The molecular weight excluding hydrogens is 414 g/mol. The number of alkyl halides is 2. The molecule has 1 aromatic carbocycles. The fourth-order valence-corrected chi connectivity index (χ4v) is 4.05. The topological polar surface area (TPSA) is 83.0 Å². The smallest absolute Gasteiger partial charge is 0.387 e. The molecule has 0 unspecified atom stereocenters. The Morgan fingerprint density at radius 1 is 1.36 bits per heavy atom. The molecule has 0 aromatic heterocycles. The highest BCUT2D eigenvalue weighted by Crippen LogP contribution is 2.24. The molecule has 2 rings (SSSR count). The summed E-state index contributed by atoms with van der Waals surface area (Å²) in [6.45, 7) is -1.07. The number of aliphatic imine (C=N–C) groups is 1. The van der Waals surface area contributed by atoms with Gasteiger partial charge in [0.1, 0.15) is 5.75 Å². The van der Waals surface area contributed by atoms with Crippen LogP contribution in [0.15, 0.2) is 23.2 Å². The molecule has 0 aliphatic carbocycles. The molecule has 1 aromatic rings. The predicted octanol–water partition coefficient (Wildman–Crippen LogP) is 2.28. The first-order valence-corrected chi connectivity index (χ1v) is 11.0. The van der Waals surface area contributed by atoms with Crippen LogP contribution in [0.3, 0.4) is 0 Å². The zero-order chi connectivity index (χ0) is 20.7. The molecule has 28 heavy (non-hydrogen) atoms. The minimum absolute atomic E-state index is 0.0514. The number of ether oxygens (including phenoxy) is 1. The summed E-state index contributed by atoms with van der Waals surface area (Å²) >= 11 is 5.95. The van der Waals surface area contributed by atoms with Crippen LogP contribution in [0, 0.1) is 5.92 Å². The van der Waals surface area contributed by atoms with Gasteiger partial charge in [0.15, 0.2) is 5.96 Å². The van der Waals surface area contributed by atoms with Gasteiger partial charge in [0, 0.05) is 43.8 Å². The Morgan fingerprint density at radius 3 is 2.61 bits per heavy atom. The number of benzene rings is 1. The van der Waals surface area contributed by atoms with Gasteiger partial charge >= 0.3 is 6.61 Å². The fraction of sp³-hybridized carbons (Fsp3) is 0.588. The van der Waals surface area contributed by atoms with Gasteiger partial charge in [-0.2, -0.15) is 8.78 Å². The lowest BCUT2D eigenvalue weighted by Gasteiger charge is -2.30. The van der Waals surface area contributed by atoms with Gasteiger partial charge in [-0.25, -0.2) is 12.7 Å². The maximum Gasteiger partial charge on any atom is 0.387 e. The van der Waals surface area contributed by atoms with Crippen LogP contribution >= 0.6 is 11.6 Å². The lowest BCUT2D eigenvalue weighted by atomic mass is 9.98. The summed E-state index contributed by atoms with van der Waals surface area (Å²) < 4.78 is 54.2. The van der Waals surface area contributed by atoms with Gasteiger partial charge in [0.05, 0.1) is 6.26 Å². The van der Waals surface area contributed by atoms with Crippen molar-refractivity contribution in [3.63, 3.8) is 0 Å². The molecule has 0 bridgehead atoms. The van der Waals surface area contributed by atoms with E-state index in [2.05, 4.69) is 20.4 Å². The Kier molecular flexibility index (Phi) is 8.26. The zero-order valence-corrected chi connectivity index (χ0v) is 17.4. The lowest BCUT2D eigenvalue weighted by Crippen LogP contribution is -2.43. The largest absolute Gasteiger partial charge is 0.434 e. The molecule has 2 N–H and O–H groups in total. The van der Waals surface area contributed by atoms with Crippen molar-refractivity contribution in [1.29, 1.82) is 0 Å². The highest BCUT2D eigenvalue weighted by Gasteiger charge is 2.24. The summed E-state index contributed by atoms with van der Waals surface area (Å²) in [5, 5.41) is 6.65. The molecule has 0 spiro atoms. The molecule has 0 radical (unpaired) electrons. The lowest BCUT2D eigenvalue weighted by molar-refractivity contribution is -0.0504. The van der Waals surface area contributed by atoms with Gasteiger partial charge in [0.2, 0.25) is 10.0 Å². The molecule has 0 atom stereocenters. The summed E-state index contributed by atoms with van der Waals surface area (Å²) in [7, 11) is -1.53. The molecule has 0 amide bonds. The van der Waals surface area contributed by atoms with Gasteiger partial charge in [-0.3, -0.25) is 4.99 Å². The van der Waals surface area contributed by atoms with Gasteiger partial charge < -0.3 is 15.4 Å². The van der Waals surface area contributed by atoms with Crippen molar-refractivity contribution < 1.29 is 21.9 Å². The molecule has 7 nitrogen and oxygen atoms in total. The highest BCUT2D eigenvalue weighted by molar-refractivity contribution is 7.88. The average Bonchev–Trinajstić information content (AvgIpc) is 2.63. The molecular formula is C17H25ClF2N4O3S. The van der Waals surface area contributed by atoms with Crippen molar-refractivity contribution in [2.75, 3.05) is 32.9 Å².